The number of rotatable bonds is 6. The zero-order valence-corrected chi connectivity index (χ0v) is 21.9. The van der Waals surface area contributed by atoms with Gasteiger partial charge >= 0.3 is 6.03 Å². The van der Waals surface area contributed by atoms with Crippen LogP contribution in [0.15, 0.2) is 70.8 Å². The fourth-order valence-corrected chi connectivity index (χ4v) is 6.83. The van der Waals surface area contributed by atoms with Gasteiger partial charge < -0.3 is 15.4 Å². The number of ether oxygens (including phenoxy) is 1. The van der Waals surface area contributed by atoms with Crippen molar-refractivity contribution in [2.24, 2.45) is 4.99 Å². The van der Waals surface area contributed by atoms with E-state index in [1.807, 2.05) is 61.5 Å². The van der Waals surface area contributed by atoms with Gasteiger partial charge in [-0.2, -0.15) is 0 Å². The van der Waals surface area contributed by atoms with Gasteiger partial charge in [-0.25, -0.2) is 9.78 Å². The van der Waals surface area contributed by atoms with Gasteiger partial charge in [-0.3, -0.25) is 14.7 Å². The highest BCUT2D eigenvalue weighted by Crippen LogP contribution is 2.51. The highest BCUT2D eigenvalue weighted by atomic mass is 32.2. The number of para-hydroxylation sites is 1. The van der Waals surface area contributed by atoms with Crippen LogP contribution >= 0.6 is 11.8 Å². The molecular formula is C29H29N5O3S. The molecule has 2 unspecified atom stereocenters. The Hall–Kier alpha value is -3.85. The summed E-state index contributed by atoms with van der Waals surface area (Å²) in [6.45, 7) is 5.67. The second kappa shape index (κ2) is 10.1. The van der Waals surface area contributed by atoms with Crippen molar-refractivity contribution in [3.63, 3.8) is 0 Å². The lowest BCUT2D eigenvalue weighted by Crippen LogP contribution is -2.52. The third-order valence-electron chi connectivity index (χ3n) is 7.44. The molecule has 1 saturated carbocycles. The number of amides is 3. The van der Waals surface area contributed by atoms with Gasteiger partial charge in [0.05, 0.1) is 29.5 Å². The van der Waals surface area contributed by atoms with E-state index in [2.05, 4.69) is 27.3 Å². The molecule has 1 aliphatic carbocycles. The van der Waals surface area contributed by atoms with Crippen molar-refractivity contribution in [2.75, 3.05) is 4.90 Å². The summed E-state index contributed by atoms with van der Waals surface area (Å²) in [6.07, 6.45) is 5.68. The molecule has 3 aromatic rings. The lowest BCUT2D eigenvalue weighted by Gasteiger charge is -2.35. The molecule has 2 N–H and O–H groups in total. The lowest BCUT2D eigenvalue weighted by molar-refractivity contribution is -0.122. The van der Waals surface area contributed by atoms with Crippen molar-refractivity contribution in [3.8, 4) is 11.5 Å². The number of carbonyl (C=O) groups is 2. The second-order valence-electron chi connectivity index (χ2n) is 9.86. The molecule has 1 fully saturated rings. The Labute approximate surface area is 225 Å². The van der Waals surface area contributed by atoms with Gasteiger partial charge in [-0.15, -0.1) is 0 Å². The summed E-state index contributed by atoms with van der Waals surface area (Å²) < 4.78 is 5.97. The molecule has 4 atom stereocenters. The molecule has 0 saturated heterocycles. The summed E-state index contributed by atoms with van der Waals surface area (Å²) in [7, 11) is 0. The van der Waals surface area contributed by atoms with Gasteiger partial charge in [0, 0.05) is 11.8 Å². The first-order valence-corrected chi connectivity index (χ1v) is 13.8. The van der Waals surface area contributed by atoms with Crippen molar-refractivity contribution in [2.45, 2.75) is 61.0 Å². The lowest BCUT2D eigenvalue weighted by atomic mass is 9.90. The van der Waals surface area contributed by atoms with Crippen molar-refractivity contribution >= 4 is 41.8 Å². The maximum Gasteiger partial charge on any atom is 0.327 e. The van der Waals surface area contributed by atoms with Crippen LogP contribution in [0.3, 0.4) is 0 Å². The second-order valence-corrected chi connectivity index (χ2v) is 11.0. The molecular weight excluding hydrogens is 498 g/mol. The van der Waals surface area contributed by atoms with E-state index in [4.69, 9.17) is 4.74 Å². The molecule has 1 aromatic heterocycles. The molecule has 0 spiro atoms. The topological polar surface area (TPSA) is 95.9 Å². The van der Waals surface area contributed by atoms with Crippen molar-refractivity contribution < 1.29 is 14.3 Å². The Morgan fingerprint density at radius 3 is 2.74 bits per heavy atom. The van der Waals surface area contributed by atoms with Crippen molar-refractivity contribution in [1.82, 2.24) is 15.6 Å². The van der Waals surface area contributed by atoms with E-state index in [9.17, 15) is 9.59 Å². The maximum absolute atomic E-state index is 13.5. The van der Waals surface area contributed by atoms with Crippen LogP contribution in [0.1, 0.15) is 42.9 Å². The van der Waals surface area contributed by atoms with E-state index in [1.165, 1.54) is 11.8 Å². The number of hydrogen-bond donors (Lipinski definition) is 2. The number of anilines is 2. The van der Waals surface area contributed by atoms with Crippen molar-refractivity contribution in [3.05, 3.63) is 71.9 Å². The van der Waals surface area contributed by atoms with Gasteiger partial charge in [0.25, 0.3) is 0 Å². The maximum atomic E-state index is 13.5. The quantitative estimate of drug-likeness (QED) is 0.402. The summed E-state index contributed by atoms with van der Waals surface area (Å²) in [5.74, 6) is 1.33. The standard InChI is InChI=1S/C29H29N5O3S/c1-17-16-19(37-18-8-4-3-5-9-18)12-13-22(17)34-23-14-15-31-28-24(23)25(33-29(34)36)26(38-28)27(35)32-21-11-7-6-10-20(21)30-2/h3-5,8-9,12-16,20-21,25-26H,2,6-7,10-11H2,1H3,(H,32,35)(H,33,36)/t20-,21+,25?,26?/m1/s1. The van der Waals surface area contributed by atoms with Crippen LogP contribution < -0.4 is 20.3 Å². The van der Waals surface area contributed by atoms with Gasteiger partial charge in [0.1, 0.15) is 21.8 Å². The molecule has 6 rings (SSSR count). The number of nitrogens with one attached hydrogen (secondary N) is 2. The molecule has 3 aliphatic rings. The van der Waals surface area contributed by atoms with E-state index in [0.29, 0.717) is 5.75 Å². The summed E-state index contributed by atoms with van der Waals surface area (Å²) in [6, 6.07) is 16.4. The number of pyridine rings is 1. The molecule has 3 amide bonds. The number of aryl methyl sites for hydroxylation is 1. The number of urea groups is 1. The van der Waals surface area contributed by atoms with Gasteiger partial charge in [0.2, 0.25) is 5.91 Å². The normalized spacial score (nSPS) is 23.8. The molecule has 2 aliphatic heterocycles. The Kier molecular flexibility index (Phi) is 6.53. The zero-order chi connectivity index (χ0) is 26.2. The van der Waals surface area contributed by atoms with Gasteiger partial charge in [-0.05, 0) is 68.4 Å². The summed E-state index contributed by atoms with van der Waals surface area (Å²) >= 11 is 1.40. The number of benzene rings is 2. The Morgan fingerprint density at radius 1 is 1.13 bits per heavy atom. The van der Waals surface area contributed by atoms with Crippen molar-refractivity contribution in [1.29, 1.82) is 0 Å². The molecule has 3 heterocycles. The van der Waals surface area contributed by atoms with Gasteiger partial charge in [-0.1, -0.05) is 42.8 Å². The van der Waals surface area contributed by atoms with Gasteiger partial charge in [0.15, 0.2) is 0 Å². The molecule has 0 radical (unpaired) electrons. The first-order chi connectivity index (χ1) is 18.5. The number of aromatic nitrogens is 1. The van der Waals surface area contributed by atoms with Crippen LogP contribution in [0, 0.1) is 6.92 Å². The molecule has 0 bridgehead atoms. The number of carbonyl (C=O) groups excluding carboxylic acids is 2. The Balaban J connectivity index is 1.26. The summed E-state index contributed by atoms with van der Waals surface area (Å²) in [5, 5.41) is 6.56. The smallest absolute Gasteiger partial charge is 0.327 e. The first kappa shape index (κ1) is 24.5. The summed E-state index contributed by atoms with van der Waals surface area (Å²) in [5.41, 5.74) is 3.26. The third kappa shape index (κ3) is 4.41. The highest BCUT2D eigenvalue weighted by Gasteiger charge is 2.47. The largest absolute Gasteiger partial charge is 0.457 e. The van der Waals surface area contributed by atoms with Crippen LogP contribution in [0.2, 0.25) is 0 Å². The average Bonchev–Trinajstić information content (AvgIpc) is 3.30. The van der Waals surface area contributed by atoms with Crippen LogP contribution in [-0.2, 0) is 4.79 Å². The van der Waals surface area contributed by atoms with E-state index in [-0.39, 0.29) is 24.0 Å². The summed E-state index contributed by atoms with van der Waals surface area (Å²) in [4.78, 5) is 37.4. The fraction of sp³-hybridized carbons (Fsp3) is 0.310. The number of hydrogen-bond acceptors (Lipinski definition) is 6. The highest BCUT2D eigenvalue weighted by molar-refractivity contribution is 8.01. The number of thioether (sulfide) groups is 1. The molecule has 194 valence electrons. The minimum atomic E-state index is -0.500. The molecule has 9 heteroatoms. The van der Waals surface area contributed by atoms with E-state index < -0.39 is 11.3 Å². The van der Waals surface area contributed by atoms with E-state index in [1.54, 1.807) is 11.1 Å². The van der Waals surface area contributed by atoms with E-state index in [0.717, 1.165) is 59.0 Å². The Bertz CT molecular complexity index is 1400. The molecule has 8 nitrogen and oxygen atoms in total. The SMILES string of the molecule is C=N[C@@H]1CCCC[C@@H]1NC(=O)C1Sc2nccc3c2C1NC(=O)N3c1ccc(Oc2ccccc2)cc1C. The number of nitrogens with zero attached hydrogens (tertiary/aromatic N) is 3. The van der Waals surface area contributed by atoms with E-state index >= 15 is 0 Å². The first-order valence-electron chi connectivity index (χ1n) is 12.9. The number of aliphatic imine (C=N–C) groups is 1. The van der Waals surface area contributed by atoms with Crippen LogP contribution in [0.25, 0.3) is 0 Å². The monoisotopic (exact) mass is 527 g/mol. The van der Waals surface area contributed by atoms with Crippen LogP contribution in [-0.4, -0.2) is 41.0 Å². The minimum absolute atomic E-state index is 0.0273. The fourth-order valence-electron chi connectivity index (χ4n) is 5.59. The molecule has 38 heavy (non-hydrogen) atoms. The predicted molar refractivity (Wildman–Crippen MR) is 149 cm³/mol. The van der Waals surface area contributed by atoms with Crippen LogP contribution in [0.5, 0.6) is 11.5 Å². The minimum Gasteiger partial charge on any atom is -0.457 e. The van der Waals surface area contributed by atoms with Crippen LogP contribution in [0.4, 0.5) is 16.2 Å². The molecule has 2 aromatic carbocycles. The average molecular weight is 528 g/mol. The predicted octanol–water partition coefficient (Wildman–Crippen LogP) is 5.69. The Morgan fingerprint density at radius 2 is 1.95 bits per heavy atom. The third-order valence-corrected chi connectivity index (χ3v) is 8.73. The zero-order valence-electron chi connectivity index (χ0n) is 21.1.